The molecule has 0 radical (unpaired) electrons. The molecule has 2 atom stereocenters. The molecule has 32 heavy (non-hydrogen) atoms. The average Bonchev–Trinajstić information content (AvgIpc) is 2.77. The fraction of sp³-hybridized carbons (Fsp3) is 0.333. The lowest BCUT2D eigenvalue weighted by molar-refractivity contribution is 0.0624. The summed E-state index contributed by atoms with van der Waals surface area (Å²) >= 11 is 0. The van der Waals surface area contributed by atoms with E-state index in [2.05, 4.69) is 30.5 Å². The first-order chi connectivity index (χ1) is 15.2. The summed E-state index contributed by atoms with van der Waals surface area (Å²) in [5.74, 6) is 0.225. The molecule has 1 fully saturated rings. The van der Waals surface area contributed by atoms with Gasteiger partial charge in [0.1, 0.15) is 0 Å². The third kappa shape index (κ3) is 5.63. The van der Waals surface area contributed by atoms with E-state index in [1.54, 1.807) is 24.3 Å². The van der Waals surface area contributed by atoms with Crippen molar-refractivity contribution in [2.24, 2.45) is 11.8 Å². The number of nitrogens with one attached hydrogen (secondary N) is 2. The van der Waals surface area contributed by atoms with E-state index < -0.39 is 15.9 Å². The molecule has 0 aliphatic carbocycles. The van der Waals surface area contributed by atoms with Gasteiger partial charge in [0.05, 0.1) is 16.1 Å². The van der Waals surface area contributed by atoms with Gasteiger partial charge in [-0.1, -0.05) is 38.1 Å². The number of hydrogen-bond donors (Lipinski definition) is 2. The number of hydrogen-bond acceptors (Lipinski definition) is 4. The van der Waals surface area contributed by atoms with Crippen LogP contribution in [0.25, 0.3) is 0 Å². The first kappa shape index (κ1) is 23.7. The van der Waals surface area contributed by atoms with E-state index in [1.165, 1.54) is 30.3 Å². The maximum absolute atomic E-state index is 13.2. The van der Waals surface area contributed by atoms with Crippen molar-refractivity contribution in [3.05, 3.63) is 72.3 Å². The summed E-state index contributed by atoms with van der Waals surface area (Å²) in [6, 6.07) is 12.6. The molecule has 2 aromatic carbocycles. The number of carbonyl (C=O) groups is 2. The third-order valence-electron chi connectivity index (χ3n) is 5.39. The van der Waals surface area contributed by atoms with E-state index in [9.17, 15) is 18.0 Å². The number of benzene rings is 2. The number of piperidine rings is 1. The molecule has 2 unspecified atom stereocenters. The van der Waals surface area contributed by atoms with Crippen molar-refractivity contribution in [1.82, 2.24) is 9.62 Å². The lowest BCUT2D eigenvalue weighted by atomic mass is 9.91. The molecule has 2 amide bonds. The number of likely N-dealkylation sites (tertiary alicyclic amines) is 1. The summed E-state index contributed by atoms with van der Waals surface area (Å²) < 4.78 is 27.1. The van der Waals surface area contributed by atoms with Crippen LogP contribution in [0.1, 0.15) is 41.0 Å². The monoisotopic (exact) mass is 455 g/mol. The van der Waals surface area contributed by atoms with Gasteiger partial charge in [0, 0.05) is 25.2 Å². The lowest BCUT2D eigenvalue weighted by Gasteiger charge is -2.35. The fourth-order valence-electron chi connectivity index (χ4n) is 4.03. The molecule has 1 heterocycles. The van der Waals surface area contributed by atoms with Crippen molar-refractivity contribution in [2.75, 3.05) is 25.0 Å². The summed E-state index contributed by atoms with van der Waals surface area (Å²) in [6.45, 7) is 9.21. The van der Waals surface area contributed by atoms with Crippen molar-refractivity contribution in [2.45, 2.75) is 25.2 Å². The highest BCUT2D eigenvalue weighted by Gasteiger charge is 2.27. The Labute approximate surface area is 189 Å². The van der Waals surface area contributed by atoms with Gasteiger partial charge in [-0.05, 0) is 48.6 Å². The minimum absolute atomic E-state index is 0.0207. The van der Waals surface area contributed by atoms with E-state index in [0.29, 0.717) is 36.2 Å². The Balaban J connectivity index is 1.82. The Morgan fingerprint density at radius 2 is 1.78 bits per heavy atom. The van der Waals surface area contributed by atoms with Crippen molar-refractivity contribution < 1.29 is 18.0 Å². The van der Waals surface area contributed by atoms with Crippen LogP contribution < -0.4 is 10.0 Å². The minimum atomic E-state index is -3.76. The predicted octanol–water partition coefficient (Wildman–Crippen LogP) is 3.52. The summed E-state index contributed by atoms with van der Waals surface area (Å²) in [5.41, 5.74) is 0.985. The highest BCUT2D eigenvalue weighted by atomic mass is 32.2. The number of rotatable bonds is 7. The molecule has 0 saturated carbocycles. The molecular weight excluding hydrogens is 426 g/mol. The molecule has 3 rings (SSSR count). The zero-order valence-corrected chi connectivity index (χ0v) is 19.2. The Morgan fingerprint density at radius 1 is 1.09 bits per heavy atom. The second kappa shape index (κ2) is 10.1. The Kier molecular flexibility index (Phi) is 7.48. The van der Waals surface area contributed by atoms with E-state index in [4.69, 9.17) is 0 Å². The van der Waals surface area contributed by atoms with Crippen LogP contribution in [0.5, 0.6) is 0 Å². The molecule has 0 bridgehead atoms. The number of anilines is 1. The first-order valence-electron chi connectivity index (χ1n) is 10.6. The van der Waals surface area contributed by atoms with Crippen LogP contribution in [-0.2, 0) is 10.0 Å². The average molecular weight is 456 g/mol. The molecule has 1 saturated heterocycles. The van der Waals surface area contributed by atoms with Gasteiger partial charge in [-0.25, -0.2) is 13.1 Å². The quantitative estimate of drug-likeness (QED) is 0.625. The molecule has 8 heteroatoms. The third-order valence-corrected chi connectivity index (χ3v) is 6.81. The van der Waals surface area contributed by atoms with Crippen molar-refractivity contribution in [1.29, 1.82) is 0 Å². The van der Waals surface area contributed by atoms with Gasteiger partial charge in [0.15, 0.2) is 0 Å². The van der Waals surface area contributed by atoms with Crippen LogP contribution in [0.3, 0.4) is 0 Å². The summed E-state index contributed by atoms with van der Waals surface area (Å²) in [7, 11) is -3.76. The number of amides is 2. The Bertz CT molecular complexity index is 1100. The van der Waals surface area contributed by atoms with E-state index in [1.807, 2.05) is 4.90 Å². The topological polar surface area (TPSA) is 95.6 Å². The van der Waals surface area contributed by atoms with E-state index >= 15 is 0 Å². The summed E-state index contributed by atoms with van der Waals surface area (Å²) in [4.78, 5) is 27.9. The minimum Gasteiger partial charge on any atom is -0.338 e. The zero-order valence-electron chi connectivity index (χ0n) is 18.4. The van der Waals surface area contributed by atoms with Gasteiger partial charge in [0.2, 0.25) is 10.0 Å². The molecule has 1 aliphatic heterocycles. The van der Waals surface area contributed by atoms with E-state index in [-0.39, 0.29) is 22.9 Å². The van der Waals surface area contributed by atoms with Gasteiger partial charge in [-0.15, -0.1) is 6.58 Å². The maximum atomic E-state index is 13.2. The smallest absolute Gasteiger partial charge is 0.255 e. The molecule has 2 N–H and O–H groups in total. The molecule has 7 nitrogen and oxygen atoms in total. The van der Waals surface area contributed by atoms with Crippen LogP contribution >= 0.6 is 0 Å². The maximum Gasteiger partial charge on any atom is 0.255 e. The predicted molar refractivity (Wildman–Crippen MR) is 125 cm³/mol. The number of nitrogens with zero attached hydrogens (tertiary/aromatic N) is 1. The zero-order chi connectivity index (χ0) is 23.3. The second-order valence-electron chi connectivity index (χ2n) is 8.32. The van der Waals surface area contributed by atoms with Gasteiger partial charge in [-0.3, -0.25) is 9.59 Å². The normalized spacial score (nSPS) is 18.8. The van der Waals surface area contributed by atoms with Gasteiger partial charge in [0.25, 0.3) is 11.8 Å². The van der Waals surface area contributed by atoms with Gasteiger partial charge >= 0.3 is 0 Å². The van der Waals surface area contributed by atoms with Gasteiger partial charge < -0.3 is 10.2 Å². The molecule has 0 spiro atoms. The first-order valence-corrected chi connectivity index (χ1v) is 12.1. The van der Waals surface area contributed by atoms with Crippen LogP contribution in [0, 0.1) is 11.8 Å². The highest BCUT2D eigenvalue weighted by Crippen LogP contribution is 2.25. The highest BCUT2D eigenvalue weighted by molar-refractivity contribution is 7.89. The molecule has 1 aliphatic rings. The molecule has 0 aromatic heterocycles. The SMILES string of the molecule is C=CCNS(=O)(=O)c1cccc(C(=O)Nc2ccccc2C(=O)N2CC(C)CC(C)C2)c1. The number of para-hydroxylation sites is 1. The fourth-order valence-corrected chi connectivity index (χ4v) is 5.07. The molecule has 2 aromatic rings. The summed E-state index contributed by atoms with van der Waals surface area (Å²) in [6.07, 6.45) is 2.52. The van der Waals surface area contributed by atoms with E-state index in [0.717, 1.165) is 6.42 Å². The largest absolute Gasteiger partial charge is 0.338 e. The van der Waals surface area contributed by atoms with Crippen molar-refractivity contribution in [3.8, 4) is 0 Å². The number of carbonyl (C=O) groups excluding carboxylic acids is 2. The lowest BCUT2D eigenvalue weighted by Crippen LogP contribution is -2.42. The van der Waals surface area contributed by atoms with Crippen molar-refractivity contribution >= 4 is 27.5 Å². The molecular formula is C24H29N3O4S. The standard InChI is InChI=1S/C24H29N3O4S/c1-4-12-25-32(30,31)20-9-7-8-19(14-20)23(28)26-22-11-6-5-10-21(22)24(29)27-15-17(2)13-18(3)16-27/h4-11,14,17-18,25H,1,12-13,15-16H2,2-3H3,(H,26,28). The number of sulfonamides is 1. The Morgan fingerprint density at radius 3 is 2.47 bits per heavy atom. The summed E-state index contributed by atoms with van der Waals surface area (Å²) in [5, 5.41) is 2.77. The Hall–Kier alpha value is -2.97. The van der Waals surface area contributed by atoms with Crippen LogP contribution in [0.2, 0.25) is 0 Å². The molecule has 170 valence electrons. The second-order valence-corrected chi connectivity index (χ2v) is 10.1. The van der Waals surface area contributed by atoms with Gasteiger partial charge in [-0.2, -0.15) is 0 Å². The van der Waals surface area contributed by atoms with Crippen LogP contribution in [-0.4, -0.2) is 44.8 Å². The van der Waals surface area contributed by atoms with Crippen LogP contribution in [0.15, 0.2) is 66.1 Å². The van der Waals surface area contributed by atoms with Crippen LogP contribution in [0.4, 0.5) is 5.69 Å². The van der Waals surface area contributed by atoms with Crippen molar-refractivity contribution in [3.63, 3.8) is 0 Å².